The molecule has 0 bridgehead atoms. The number of nitrogens with one attached hydrogen (secondary N) is 2. The number of alkyl halides is 3. The number of nitrogens with zero attached hydrogens (tertiary/aromatic N) is 1. The first-order valence-electron chi connectivity index (χ1n) is 8.04. The molecule has 0 aliphatic rings. The van der Waals surface area contributed by atoms with E-state index in [-0.39, 0.29) is 10.9 Å². The molecule has 0 aliphatic carbocycles. The van der Waals surface area contributed by atoms with E-state index in [0.29, 0.717) is 15.8 Å². The van der Waals surface area contributed by atoms with E-state index in [1.165, 1.54) is 19.1 Å². The van der Waals surface area contributed by atoms with E-state index in [2.05, 4.69) is 20.4 Å². The molecule has 3 aromatic rings. The molecule has 0 spiro atoms. The average Bonchev–Trinajstić information content (AvgIpc) is 3.02. The number of fused-ring (bicyclic) bond motifs is 1. The first kappa shape index (κ1) is 19.6. The summed E-state index contributed by atoms with van der Waals surface area (Å²) in [5.74, 6) is -1.28. The molecule has 0 saturated heterocycles. The smallest absolute Gasteiger partial charge is 0.406 e. The van der Waals surface area contributed by atoms with E-state index in [9.17, 15) is 22.8 Å². The van der Waals surface area contributed by atoms with Crippen molar-refractivity contribution in [3.05, 3.63) is 54.1 Å². The largest absolute Gasteiger partial charge is 0.573 e. The molecule has 10 heteroatoms. The van der Waals surface area contributed by atoms with Crippen molar-refractivity contribution in [1.29, 1.82) is 0 Å². The number of anilines is 1. The Labute approximate surface area is 161 Å². The van der Waals surface area contributed by atoms with E-state index < -0.39 is 24.2 Å². The molecule has 1 aromatic heterocycles. The summed E-state index contributed by atoms with van der Waals surface area (Å²) in [6.45, 7) is 1.51. The van der Waals surface area contributed by atoms with Crippen LogP contribution in [-0.2, 0) is 4.79 Å². The molecule has 28 heavy (non-hydrogen) atoms. The maximum atomic E-state index is 12.3. The minimum absolute atomic E-state index is 0.199. The Hall–Kier alpha value is -3.14. The number of carbonyl (C=O) groups is 2. The Bertz CT molecular complexity index is 1010. The number of ether oxygens (including phenoxy) is 1. The standard InChI is InChI=1S/C18H14F3N3O3S/c1-10(22-16(26)11-5-3-2-4-6-11)15(25)24-17-23-13-8-7-12(9-14(13)28-17)27-18(19,20)21/h2-10H,1H3,(H,22,26)(H,23,24,25). The first-order valence-corrected chi connectivity index (χ1v) is 8.86. The third kappa shape index (κ3) is 4.97. The summed E-state index contributed by atoms with van der Waals surface area (Å²) in [5.41, 5.74) is 0.829. The SMILES string of the molecule is CC(NC(=O)c1ccccc1)C(=O)Nc1nc2ccc(OC(F)(F)F)cc2s1. The molecule has 2 aromatic carbocycles. The summed E-state index contributed by atoms with van der Waals surface area (Å²) < 4.78 is 41.2. The third-order valence-corrected chi connectivity index (χ3v) is 4.53. The second kappa shape index (κ2) is 7.85. The van der Waals surface area contributed by atoms with E-state index in [0.717, 1.165) is 17.4 Å². The molecule has 0 radical (unpaired) electrons. The van der Waals surface area contributed by atoms with Crippen LogP contribution in [0.15, 0.2) is 48.5 Å². The van der Waals surface area contributed by atoms with Crippen LogP contribution in [0.2, 0.25) is 0 Å². The Kier molecular flexibility index (Phi) is 5.50. The highest BCUT2D eigenvalue weighted by molar-refractivity contribution is 7.22. The fourth-order valence-corrected chi connectivity index (χ4v) is 3.20. The molecular weight excluding hydrogens is 395 g/mol. The van der Waals surface area contributed by atoms with Crippen molar-refractivity contribution in [1.82, 2.24) is 10.3 Å². The predicted octanol–water partition coefficient (Wildman–Crippen LogP) is 3.95. The predicted molar refractivity (Wildman–Crippen MR) is 98.3 cm³/mol. The molecule has 0 aliphatic heterocycles. The van der Waals surface area contributed by atoms with Crippen LogP contribution < -0.4 is 15.4 Å². The second-order valence-electron chi connectivity index (χ2n) is 5.75. The highest BCUT2D eigenvalue weighted by Crippen LogP contribution is 2.31. The van der Waals surface area contributed by atoms with Crippen molar-refractivity contribution in [2.45, 2.75) is 19.3 Å². The van der Waals surface area contributed by atoms with Gasteiger partial charge in [0.15, 0.2) is 5.13 Å². The number of thiazole rings is 1. The minimum atomic E-state index is -4.79. The van der Waals surface area contributed by atoms with E-state index >= 15 is 0 Å². The van der Waals surface area contributed by atoms with Gasteiger partial charge < -0.3 is 15.4 Å². The van der Waals surface area contributed by atoms with E-state index in [4.69, 9.17) is 0 Å². The first-order chi connectivity index (χ1) is 13.2. The fraction of sp³-hybridized carbons (Fsp3) is 0.167. The number of aromatic nitrogens is 1. The van der Waals surface area contributed by atoms with Gasteiger partial charge in [0.1, 0.15) is 11.8 Å². The second-order valence-corrected chi connectivity index (χ2v) is 6.78. The van der Waals surface area contributed by atoms with Crippen molar-refractivity contribution < 1.29 is 27.5 Å². The molecule has 2 N–H and O–H groups in total. The monoisotopic (exact) mass is 409 g/mol. The Balaban J connectivity index is 1.66. The lowest BCUT2D eigenvalue weighted by molar-refractivity contribution is -0.274. The number of hydrogen-bond donors (Lipinski definition) is 2. The van der Waals surface area contributed by atoms with Crippen molar-refractivity contribution in [3.63, 3.8) is 0 Å². The lowest BCUT2D eigenvalue weighted by atomic mass is 10.2. The highest BCUT2D eigenvalue weighted by Gasteiger charge is 2.31. The normalized spacial score (nSPS) is 12.4. The van der Waals surface area contributed by atoms with Gasteiger partial charge >= 0.3 is 6.36 Å². The molecule has 1 unspecified atom stereocenters. The van der Waals surface area contributed by atoms with Crippen LogP contribution in [0.1, 0.15) is 17.3 Å². The van der Waals surface area contributed by atoms with Gasteiger partial charge in [0.25, 0.3) is 5.91 Å². The molecule has 0 fully saturated rings. The van der Waals surface area contributed by atoms with Crippen LogP contribution in [0.3, 0.4) is 0 Å². The molecule has 2 amide bonds. The van der Waals surface area contributed by atoms with Gasteiger partial charge in [-0.05, 0) is 31.2 Å². The van der Waals surface area contributed by atoms with Gasteiger partial charge in [0.05, 0.1) is 10.2 Å². The van der Waals surface area contributed by atoms with Gasteiger partial charge in [-0.1, -0.05) is 29.5 Å². The quantitative estimate of drug-likeness (QED) is 0.669. The van der Waals surface area contributed by atoms with Crippen molar-refractivity contribution in [3.8, 4) is 5.75 Å². The van der Waals surface area contributed by atoms with Gasteiger partial charge in [-0.25, -0.2) is 4.98 Å². The summed E-state index contributed by atoms with van der Waals surface area (Å²) in [6, 6.07) is 11.3. The molecule has 3 rings (SSSR count). The van der Waals surface area contributed by atoms with Crippen molar-refractivity contribution in [2.24, 2.45) is 0 Å². The van der Waals surface area contributed by atoms with Gasteiger partial charge in [-0.15, -0.1) is 13.2 Å². The topological polar surface area (TPSA) is 80.3 Å². The van der Waals surface area contributed by atoms with Crippen LogP contribution in [0.25, 0.3) is 10.2 Å². The Morgan fingerprint density at radius 3 is 2.54 bits per heavy atom. The van der Waals surface area contributed by atoms with E-state index in [1.807, 2.05) is 0 Å². The van der Waals surface area contributed by atoms with Gasteiger partial charge in [-0.2, -0.15) is 0 Å². The van der Waals surface area contributed by atoms with Crippen LogP contribution in [0.4, 0.5) is 18.3 Å². The molecule has 6 nitrogen and oxygen atoms in total. The molecule has 146 valence electrons. The number of hydrogen-bond acceptors (Lipinski definition) is 5. The number of rotatable bonds is 5. The summed E-state index contributed by atoms with van der Waals surface area (Å²) in [6.07, 6.45) is -4.79. The molecule has 1 heterocycles. The summed E-state index contributed by atoms with van der Waals surface area (Å²) in [5, 5.41) is 5.31. The van der Waals surface area contributed by atoms with Crippen LogP contribution in [0.5, 0.6) is 5.75 Å². The summed E-state index contributed by atoms with van der Waals surface area (Å²) >= 11 is 0.995. The van der Waals surface area contributed by atoms with Crippen LogP contribution >= 0.6 is 11.3 Å². The highest BCUT2D eigenvalue weighted by atomic mass is 32.1. The third-order valence-electron chi connectivity index (χ3n) is 3.60. The van der Waals surface area contributed by atoms with Gasteiger partial charge in [0, 0.05) is 11.6 Å². The summed E-state index contributed by atoms with van der Waals surface area (Å²) in [4.78, 5) is 28.5. The number of carbonyl (C=O) groups excluding carboxylic acids is 2. The van der Waals surface area contributed by atoms with Crippen LogP contribution in [-0.4, -0.2) is 29.2 Å². The van der Waals surface area contributed by atoms with Crippen molar-refractivity contribution in [2.75, 3.05) is 5.32 Å². The van der Waals surface area contributed by atoms with E-state index in [1.54, 1.807) is 30.3 Å². The Morgan fingerprint density at radius 2 is 1.86 bits per heavy atom. The van der Waals surface area contributed by atoms with Crippen molar-refractivity contribution >= 4 is 38.5 Å². The van der Waals surface area contributed by atoms with Crippen LogP contribution in [0, 0.1) is 0 Å². The fourth-order valence-electron chi connectivity index (χ4n) is 2.30. The maximum Gasteiger partial charge on any atom is 0.573 e. The zero-order valence-corrected chi connectivity index (χ0v) is 15.2. The lowest BCUT2D eigenvalue weighted by Crippen LogP contribution is -2.41. The zero-order chi connectivity index (χ0) is 20.3. The van der Waals surface area contributed by atoms with Gasteiger partial charge in [0.2, 0.25) is 5.91 Å². The zero-order valence-electron chi connectivity index (χ0n) is 14.4. The average molecular weight is 409 g/mol. The number of benzene rings is 2. The molecule has 0 saturated carbocycles. The number of amides is 2. The van der Waals surface area contributed by atoms with Gasteiger partial charge in [-0.3, -0.25) is 9.59 Å². The lowest BCUT2D eigenvalue weighted by Gasteiger charge is -2.12. The Morgan fingerprint density at radius 1 is 1.14 bits per heavy atom. The molecule has 1 atom stereocenters. The maximum absolute atomic E-state index is 12.3. The minimum Gasteiger partial charge on any atom is -0.406 e. The number of halogens is 3. The molecular formula is C18H14F3N3O3S. The summed E-state index contributed by atoms with van der Waals surface area (Å²) in [7, 11) is 0.